The number of aromatic amines is 1. The molecule has 2 aromatic carbocycles. The van der Waals surface area contributed by atoms with E-state index in [1.807, 2.05) is 48.5 Å². The molecule has 0 aliphatic heterocycles. The van der Waals surface area contributed by atoms with Gasteiger partial charge in [0.05, 0.1) is 0 Å². The van der Waals surface area contributed by atoms with Crippen molar-refractivity contribution in [3.8, 4) is 0 Å². The number of hydrogen-bond acceptors (Lipinski definition) is 1. The van der Waals surface area contributed by atoms with Gasteiger partial charge in [-0.05, 0) is 6.07 Å². The quantitative estimate of drug-likeness (QED) is 0.661. The molecular weight excluding hydrogens is 210 g/mol. The Labute approximate surface area is 98.9 Å². The first-order valence-electron chi connectivity index (χ1n) is 5.44. The lowest BCUT2D eigenvalue weighted by Gasteiger charge is -2.02. The first-order valence-corrected chi connectivity index (χ1v) is 5.44. The number of rotatable bonds is 2. The Hall–Kier alpha value is -2.35. The van der Waals surface area contributed by atoms with Crippen LogP contribution >= 0.6 is 0 Å². The molecule has 17 heavy (non-hydrogen) atoms. The van der Waals surface area contributed by atoms with Crippen LogP contribution in [0.25, 0.3) is 10.9 Å². The van der Waals surface area contributed by atoms with E-state index in [0.717, 1.165) is 10.9 Å². The summed E-state index contributed by atoms with van der Waals surface area (Å²) in [7, 11) is 0. The average molecular weight is 220 g/mol. The molecule has 3 aromatic rings. The van der Waals surface area contributed by atoms with Crippen LogP contribution in [0.2, 0.25) is 0 Å². The van der Waals surface area contributed by atoms with Crippen LogP contribution in [0, 0.1) is 6.07 Å². The highest BCUT2D eigenvalue weighted by molar-refractivity contribution is 6.15. The molecule has 0 saturated carbocycles. The third-order valence-corrected chi connectivity index (χ3v) is 2.79. The van der Waals surface area contributed by atoms with E-state index in [9.17, 15) is 4.79 Å². The van der Waals surface area contributed by atoms with E-state index in [1.165, 1.54) is 0 Å². The number of ketones is 1. The van der Waals surface area contributed by atoms with Crippen molar-refractivity contribution < 1.29 is 4.79 Å². The number of nitrogens with one attached hydrogen (secondary N) is 1. The maximum Gasteiger partial charge on any atom is 0.193 e. The van der Waals surface area contributed by atoms with Crippen LogP contribution in [0.5, 0.6) is 0 Å². The number of carbonyl (C=O) groups excluding carboxylic acids is 1. The Bertz CT molecular complexity index is 667. The molecule has 0 unspecified atom stereocenters. The third kappa shape index (κ3) is 1.64. The summed E-state index contributed by atoms with van der Waals surface area (Å²) in [5.41, 5.74) is 2.33. The highest BCUT2D eigenvalue weighted by atomic mass is 16.1. The zero-order valence-electron chi connectivity index (χ0n) is 9.10. The molecule has 81 valence electrons. The molecular formula is C15H10NO. The number of hydrogen-bond donors (Lipinski definition) is 1. The van der Waals surface area contributed by atoms with Crippen LogP contribution in [-0.4, -0.2) is 10.8 Å². The van der Waals surface area contributed by atoms with Crippen molar-refractivity contribution in [2.24, 2.45) is 0 Å². The Kier molecular flexibility index (Phi) is 2.26. The Morgan fingerprint density at radius 3 is 2.65 bits per heavy atom. The minimum atomic E-state index is 0.0343. The second kappa shape index (κ2) is 3.91. The normalized spacial score (nSPS) is 10.6. The van der Waals surface area contributed by atoms with Crippen molar-refractivity contribution in [1.29, 1.82) is 0 Å². The summed E-state index contributed by atoms with van der Waals surface area (Å²) in [5.74, 6) is 0.0343. The molecule has 0 aliphatic rings. The maximum absolute atomic E-state index is 12.3. The molecule has 2 heteroatoms. The molecule has 0 saturated heterocycles. The number of benzene rings is 2. The van der Waals surface area contributed by atoms with E-state index < -0.39 is 0 Å². The zero-order chi connectivity index (χ0) is 11.7. The van der Waals surface area contributed by atoms with Crippen LogP contribution in [0.4, 0.5) is 0 Å². The van der Waals surface area contributed by atoms with Crippen molar-refractivity contribution in [2.45, 2.75) is 0 Å². The van der Waals surface area contributed by atoms with Crippen LogP contribution in [0.3, 0.4) is 0 Å². The second-order valence-electron chi connectivity index (χ2n) is 3.86. The van der Waals surface area contributed by atoms with Gasteiger partial charge in [0.15, 0.2) is 5.78 Å². The molecule has 0 fully saturated rings. The fourth-order valence-corrected chi connectivity index (χ4v) is 1.95. The molecule has 1 radical (unpaired) electrons. The van der Waals surface area contributed by atoms with Crippen LogP contribution in [-0.2, 0) is 0 Å². The Balaban J connectivity index is 2.16. The van der Waals surface area contributed by atoms with Gasteiger partial charge in [0, 0.05) is 34.3 Å². The number of fused-ring (bicyclic) bond motifs is 1. The van der Waals surface area contributed by atoms with Gasteiger partial charge >= 0.3 is 0 Å². The highest BCUT2D eigenvalue weighted by Crippen LogP contribution is 2.19. The minimum Gasteiger partial charge on any atom is -0.361 e. The molecule has 0 spiro atoms. The Morgan fingerprint density at radius 1 is 1.00 bits per heavy atom. The molecule has 0 atom stereocenters. The summed E-state index contributed by atoms with van der Waals surface area (Å²) < 4.78 is 0. The summed E-state index contributed by atoms with van der Waals surface area (Å²) >= 11 is 0. The maximum atomic E-state index is 12.3. The molecule has 3 rings (SSSR count). The lowest BCUT2D eigenvalue weighted by atomic mass is 10.0. The standard InChI is InChI=1S/C15H10NO/c17-15(11-5-2-1-3-6-11)13-7-4-8-14-12(13)9-10-16-14/h1-8,10,16H. The summed E-state index contributed by atoms with van der Waals surface area (Å²) in [5, 5.41) is 0.848. The van der Waals surface area contributed by atoms with E-state index in [4.69, 9.17) is 0 Å². The fraction of sp³-hybridized carbons (Fsp3) is 0. The molecule has 1 heterocycles. The molecule has 2 nitrogen and oxygen atoms in total. The van der Waals surface area contributed by atoms with Crippen LogP contribution in [0.15, 0.2) is 54.7 Å². The van der Waals surface area contributed by atoms with Crippen molar-refractivity contribution in [1.82, 2.24) is 4.98 Å². The van der Waals surface area contributed by atoms with Gasteiger partial charge in [0.25, 0.3) is 0 Å². The molecule has 0 aliphatic carbocycles. The van der Waals surface area contributed by atoms with Crippen molar-refractivity contribution >= 4 is 16.7 Å². The molecule has 0 amide bonds. The van der Waals surface area contributed by atoms with E-state index >= 15 is 0 Å². The van der Waals surface area contributed by atoms with Crippen LogP contribution < -0.4 is 0 Å². The lowest BCUT2D eigenvalue weighted by Crippen LogP contribution is -2.01. The molecule has 1 N–H and O–H groups in total. The second-order valence-corrected chi connectivity index (χ2v) is 3.86. The highest BCUT2D eigenvalue weighted by Gasteiger charge is 2.12. The smallest absolute Gasteiger partial charge is 0.193 e. The van der Waals surface area contributed by atoms with Gasteiger partial charge < -0.3 is 4.98 Å². The number of aromatic nitrogens is 1. The van der Waals surface area contributed by atoms with Crippen molar-refractivity contribution in [2.75, 3.05) is 0 Å². The van der Waals surface area contributed by atoms with Crippen molar-refractivity contribution in [3.05, 3.63) is 71.9 Å². The first-order chi connectivity index (χ1) is 8.36. The summed E-state index contributed by atoms with van der Waals surface area (Å²) in [6, 6.07) is 18.0. The van der Waals surface area contributed by atoms with E-state index in [1.54, 1.807) is 6.20 Å². The SMILES string of the molecule is O=C(c1ccccc1)c1cccc2[nH]c[c]c12. The lowest BCUT2D eigenvalue weighted by molar-refractivity contribution is 0.104. The van der Waals surface area contributed by atoms with E-state index in [-0.39, 0.29) is 5.78 Å². The van der Waals surface area contributed by atoms with Gasteiger partial charge in [-0.3, -0.25) is 4.79 Å². The largest absolute Gasteiger partial charge is 0.361 e. The van der Waals surface area contributed by atoms with Gasteiger partial charge in [0.2, 0.25) is 0 Å². The van der Waals surface area contributed by atoms with Gasteiger partial charge in [0.1, 0.15) is 0 Å². The summed E-state index contributed by atoms with van der Waals surface area (Å²) in [6.07, 6.45) is 1.73. The van der Waals surface area contributed by atoms with Gasteiger partial charge in [-0.1, -0.05) is 42.5 Å². The molecule has 1 aromatic heterocycles. The zero-order valence-corrected chi connectivity index (χ0v) is 9.10. The van der Waals surface area contributed by atoms with E-state index in [2.05, 4.69) is 11.1 Å². The summed E-state index contributed by atoms with van der Waals surface area (Å²) in [6.45, 7) is 0. The Morgan fingerprint density at radius 2 is 1.82 bits per heavy atom. The fourth-order valence-electron chi connectivity index (χ4n) is 1.95. The monoisotopic (exact) mass is 220 g/mol. The van der Waals surface area contributed by atoms with Crippen LogP contribution in [0.1, 0.15) is 15.9 Å². The summed E-state index contributed by atoms with van der Waals surface area (Å²) in [4.78, 5) is 15.4. The first kappa shape index (κ1) is 9.85. The van der Waals surface area contributed by atoms with Gasteiger partial charge in [-0.2, -0.15) is 0 Å². The molecule has 0 bridgehead atoms. The number of H-pyrrole nitrogens is 1. The van der Waals surface area contributed by atoms with E-state index in [0.29, 0.717) is 11.1 Å². The third-order valence-electron chi connectivity index (χ3n) is 2.79. The van der Waals surface area contributed by atoms with Gasteiger partial charge in [-0.25, -0.2) is 0 Å². The predicted molar refractivity (Wildman–Crippen MR) is 67.0 cm³/mol. The van der Waals surface area contributed by atoms with Crippen molar-refractivity contribution in [3.63, 3.8) is 0 Å². The number of carbonyl (C=O) groups is 1. The average Bonchev–Trinajstić information content (AvgIpc) is 2.87. The van der Waals surface area contributed by atoms with Gasteiger partial charge in [-0.15, -0.1) is 0 Å². The predicted octanol–water partition coefficient (Wildman–Crippen LogP) is 3.20. The topological polar surface area (TPSA) is 32.9 Å². The minimum absolute atomic E-state index is 0.0343.